The minimum Gasteiger partial charge on any atom is -0.392 e. The summed E-state index contributed by atoms with van der Waals surface area (Å²) in [7, 11) is 0. The zero-order chi connectivity index (χ0) is 11.8. The topological polar surface area (TPSA) is 20.2 Å². The van der Waals surface area contributed by atoms with Gasteiger partial charge in [0.15, 0.2) is 0 Å². The Kier molecular flexibility index (Phi) is 6.30. The van der Waals surface area contributed by atoms with Crippen molar-refractivity contribution >= 4 is 0 Å². The van der Waals surface area contributed by atoms with Crippen molar-refractivity contribution in [3.63, 3.8) is 0 Å². The van der Waals surface area contributed by atoms with Crippen molar-refractivity contribution in [1.82, 2.24) is 0 Å². The van der Waals surface area contributed by atoms with Gasteiger partial charge in [-0.05, 0) is 36.6 Å². The van der Waals surface area contributed by atoms with E-state index in [1.54, 1.807) is 32.1 Å². The number of allylic oxidation sites excluding steroid dienone is 6. The van der Waals surface area contributed by atoms with Crippen LogP contribution in [-0.2, 0) is 0 Å². The molecule has 82 valence electrons. The number of hydrogen-bond donors (Lipinski definition) is 1. The highest BCUT2D eigenvalue weighted by molar-refractivity contribution is 5.42. The van der Waals surface area contributed by atoms with E-state index in [1.807, 2.05) is 0 Å². The van der Waals surface area contributed by atoms with Gasteiger partial charge in [0.2, 0.25) is 0 Å². The summed E-state index contributed by atoms with van der Waals surface area (Å²) in [5, 5.41) is 8.70. The summed E-state index contributed by atoms with van der Waals surface area (Å²) >= 11 is 0. The molecular weight excluding hydrogens is 191 g/mol. The number of halogens is 1. The van der Waals surface area contributed by atoms with E-state index in [2.05, 4.69) is 13.2 Å². The monoisotopic (exact) mass is 208 g/mol. The molecule has 1 nitrogen and oxygen atoms in total. The molecule has 0 amide bonds. The minimum absolute atomic E-state index is 0.107. The van der Waals surface area contributed by atoms with Crippen LogP contribution in [0.2, 0.25) is 0 Å². The van der Waals surface area contributed by atoms with Crippen LogP contribution in [0.15, 0.2) is 60.0 Å². The molecule has 0 rings (SSSR count). The number of aliphatic hydroxyl groups excluding tert-OH is 1. The highest BCUT2D eigenvalue weighted by Crippen LogP contribution is 2.16. The van der Waals surface area contributed by atoms with Crippen molar-refractivity contribution in [2.24, 2.45) is 0 Å². The fourth-order valence-corrected chi connectivity index (χ4v) is 0.821. The zero-order valence-corrected chi connectivity index (χ0v) is 9.26. The molecule has 0 saturated heterocycles. The van der Waals surface area contributed by atoms with Gasteiger partial charge in [0, 0.05) is 0 Å². The van der Waals surface area contributed by atoms with Gasteiger partial charge in [-0.3, -0.25) is 0 Å². The molecule has 2 heteroatoms. The Balaban J connectivity index is 4.67. The van der Waals surface area contributed by atoms with E-state index in [4.69, 9.17) is 5.11 Å². The highest BCUT2D eigenvalue weighted by Gasteiger charge is 1.99. The first-order chi connectivity index (χ1) is 7.02. The summed E-state index contributed by atoms with van der Waals surface area (Å²) in [6.07, 6.45) is 6.27. The summed E-state index contributed by atoms with van der Waals surface area (Å²) in [5.74, 6) is -0.304. The lowest BCUT2D eigenvalue weighted by Gasteiger charge is -2.01. The largest absolute Gasteiger partial charge is 0.392 e. The summed E-state index contributed by atoms with van der Waals surface area (Å²) in [6, 6.07) is 0. The Bertz CT molecular complexity index is 332. The van der Waals surface area contributed by atoms with E-state index in [9.17, 15) is 4.39 Å². The first-order valence-electron chi connectivity index (χ1n) is 4.68. The lowest BCUT2D eigenvalue weighted by Crippen LogP contribution is -1.85. The maximum Gasteiger partial charge on any atom is 0.126 e. The van der Waals surface area contributed by atoms with Gasteiger partial charge in [-0.25, -0.2) is 4.39 Å². The van der Waals surface area contributed by atoms with Crippen molar-refractivity contribution in [3.05, 3.63) is 60.0 Å². The van der Waals surface area contributed by atoms with Gasteiger partial charge < -0.3 is 5.11 Å². The fraction of sp³-hybridized carbons (Fsp3) is 0.231. The molecule has 15 heavy (non-hydrogen) atoms. The number of aliphatic hydroxyl groups is 1. The van der Waals surface area contributed by atoms with Crippen LogP contribution < -0.4 is 0 Å². The second-order valence-electron chi connectivity index (χ2n) is 3.15. The Hall–Kier alpha value is -1.41. The third-order valence-electron chi connectivity index (χ3n) is 1.88. The van der Waals surface area contributed by atoms with Crippen molar-refractivity contribution in [3.8, 4) is 0 Å². The van der Waals surface area contributed by atoms with Crippen molar-refractivity contribution in [2.75, 3.05) is 6.61 Å². The van der Waals surface area contributed by atoms with Crippen LogP contribution >= 0.6 is 0 Å². The summed E-state index contributed by atoms with van der Waals surface area (Å²) in [4.78, 5) is 0. The molecule has 0 fully saturated rings. The van der Waals surface area contributed by atoms with Gasteiger partial charge in [-0.1, -0.05) is 31.4 Å². The molecule has 0 aliphatic carbocycles. The number of rotatable bonds is 5. The highest BCUT2D eigenvalue weighted by atomic mass is 19.1. The van der Waals surface area contributed by atoms with Crippen LogP contribution in [0.1, 0.15) is 13.8 Å². The molecule has 0 saturated carbocycles. The van der Waals surface area contributed by atoms with Gasteiger partial charge in [0.1, 0.15) is 5.83 Å². The van der Waals surface area contributed by atoms with E-state index in [1.165, 1.54) is 6.08 Å². The Morgan fingerprint density at radius 1 is 1.27 bits per heavy atom. The molecular formula is C13H17FO. The lowest BCUT2D eigenvalue weighted by molar-refractivity contribution is 0.335. The van der Waals surface area contributed by atoms with Crippen LogP contribution in [0, 0.1) is 0 Å². The van der Waals surface area contributed by atoms with Crippen molar-refractivity contribution < 1.29 is 9.50 Å². The molecule has 0 spiro atoms. The third-order valence-corrected chi connectivity index (χ3v) is 1.88. The van der Waals surface area contributed by atoms with Gasteiger partial charge >= 0.3 is 0 Å². The first kappa shape index (κ1) is 13.6. The molecule has 0 aliphatic heterocycles. The van der Waals surface area contributed by atoms with Crippen molar-refractivity contribution in [1.29, 1.82) is 0 Å². The summed E-state index contributed by atoms with van der Waals surface area (Å²) in [6.45, 7) is 10.6. The molecule has 1 N–H and O–H groups in total. The van der Waals surface area contributed by atoms with Gasteiger partial charge in [-0.15, -0.1) is 0 Å². The first-order valence-corrected chi connectivity index (χ1v) is 4.68. The van der Waals surface area contributed by atoms with Gasteiger partial charge in [-0.2, -0.15) is 0 Å². The molecule has 0 aromatic heterocycles. The fourth-order valence-electron chi connectivity index (χ4n) is 0.821. The Morgan fingerprint density at radius 2 is 1.87 bits per heavy atom. The van der Waals surface area contributed by atoms with Gasteiger partial charge in [0.05, 0.1) is 6.61 Å². The average Bonchev–Trinajstić information content (AvgIpc) is 2.24. The van der Waals surface area contributed by atoms with Crippen LogP contribution in [0.25, 0.3) is 0 Å². The standard InChI is InChI=1S/C13H17FO/c1-5-6-13(14)12(4)11(3)8-7-10(2)9-15/h5-8,15H,2-3,9H2,1,4H3. The lowest BCUT2D eigenvalue weighted by atomic mass is 10.1. The predicted octanol–water partition coefficient (Wildman–Crippen LogP) is 3.47. The average molecular weight is 208 g/mol. The molecule has 0 aliphatic rings. The molecule has 0 aromatic rings. The third kappa shape index (κ3) is 5.13. The maximum absolute atomic E-state index is 13.3. The number of hydrogen-bond acceptors (Lipinski definition) is 1. The van der Waals surface area contributed by atoms with Crippen LogP contribution in [-0.4, -0.2) is 11.7 Å². The van der Waals surface area contributed by atoms with Crippen LogP contribution in [0.5, 0.6) is 0 Å². The molecule has 0 bridgehead atoms. The van der Waals surface area contributed by atoms with E-state index < -0.39 is 0 Å². The SMILES string of the molecule is C=C(C=CC(=C)C(C)=C(F)C=CC)CO. The van der Waals surface area contributed by atoms with E-state index in [-0.39, 0.29) is 12.4 Å². The Labute approximate surface area is 90.6 Å². The zero-order valence-electron chi connectivity index (χ0n) is 9.26. The molecule has 0 aromatic carbocycles. The van der Waals surface area contributed by atoms with Crippen LogP contribution in [0.3, 0.4) is 0 Å². The Morgan fingerprint density at radius 3 is 2.33 bits per heavy atom. The van der Waals surface area contributed by atoms with E-state index in [0.717, 1.165) is 0 Å². The molecule has 0 atom stereocenters. The molecule has 0 heterocycles. The maximum atomic E-state index is 13.3. The molecule has 0 unspecified atom stereocenters. The second-order valence-corrected chi connectivity index (χ2v) is 3.15. The van der Waals surface area contributed by atoms with E-state index in [0.29, 0.717) is 16.7 Å². The predicted molar refractivity (Wildman–Crippen MR) is 63.1 cm³/mol. The van der Waals surface area contributed by atoms with Crippen LogP contribution in [0.4, 0.5) is 4.39 Å². The smallest absolute Gasteiger partial charge is 0.126 e. The normalized spacial score (nSPS) is 13.3. The van der Waals surface area contributed by atoms with E-state index >= 15 is 0 Å². The molecule has 0 radical (unpaired) electrons. The minimum atomic E-state index is -0.304. The summed E-state index contributed by atoms with van der Waals surface area (Å²) in [5.41, 5.74) is 1.62. The summed E-state index contributed by atoms with van der Waals surface area (Å²) < 4.78 is 13.3. The van der Waals surface area contributed by atoms with Gasteiger partial charge in [0.25, 0.3) is 0 Å². The quantitative estimate of drug-likeness (QED) is 0.686. The second kappa shape index (κ2) is 6.96. The van der Waals surface area contributed by atoms with Crippen molar-refractivity contribution in [2.45, 2.75) is 13.8 Å².